The fourth-order valence-corrected chi connectivity index (χ4v) is 2.14. The highest BCUT2D eigenvalue weighted by atomic mass is 79.9. The Bertz CT molecular complexity index is 466. The van der Waals surface area contributed by atoms with Gasteiger partial charge in [-0.05, 0) is 54.8 Å². The molecule has 6 heteroatoms. The minimum absolute atomic E-state index is 0.0295. The molecule has 1 aromatic carbocycles. The summed E-state index contributed by atoms with van der Waals surface area (Å²) in [5, 5.41) is 11.8. The normalized spacial score (nSPS) is 10.8. The Hall–Kier alpha value is -1.14. The summed E-state index contributed by atoms with van der Waals surface area (Å²) in [7, 11) is 0. The first-order valence-electron chi connectivity index (χ1n) is 6.50. The molecule has 0 aromatic heterocycles. The number of nitrogens with one attached hydrogen (secondary N) is 1. The Kier molecular flexibility index (Phi) is 6.95. The number of carboxylic acids is 1. The lowest BCUT2D eigenvalue weighted by Crippen LogP contribution is -2.08. The van der Waals surface area contributed by atoms with E-state index in [1.165, 1.54) is 12.1 Å². The van der Waals surface area contributed by atoms with Crippen LogP contribution >= 0.6 is 15.9 Å². The van der Waals surface area contributed by atoms with Gasteiger partial charge in [0.15, 0.2) is 5.82 Å². The molecule has 0 radical (unpaired) electrons. The quantitative estimate of drug-likeness (QED) is 0.700. The van der Waals surface area contributed by atoms with Gasteiger partial charge in [-0.1, -0.05) is 0 Å². The maximum absolute atomic E-state index is 13.9. The molecule has 0 bridgehead atoms. The van der Waals surface area contributed by atoms with Crippen molar-refractivity contribution in [3.8, 4) is 0 Å². The minimum atomic E-state index is -1.16. The minimum Gasteiger partial charge on any atom is -0.478 e. The summed E-state index contributed by atoms with van der Waals surface area (Å²) in [6, 6.07) is 2.81. The molecule has 112 valence electrons. The molecule has 0 saturated heterocycles. The van der Waals surface area contributed by atoms with Crippen LogP contribution in [0.3, 0.4) is 0 Å². The van der Waals surface area contributed by atoms with Gasteiger partial charge in [-0.3, -0.25) is 0 Å². The average Bonchev–Trinajstić information content (AvgIpc) is 2.37. The van der Waals surface area contributed by atoms with Crippen molar-refractivity contribution in [1.29, 1.82) is 0 Å². The number of halogens is 2. The molecule has 0 heterocycles. The van der Waals surface area contributed by atoms with E-state index in [1.807, 2.05) is 13.8 Å². The summed E-state index contributed by atoms with van der Waals surface area (Å²) in [5.74, 6) is -1.74. The van der Waals surface area contributed by atoms with Gasteiger partial charge in [0.2, 0.25) is 0 Å². The predicted molar refractivity (Wildman–Crippen MR) is 79.9 cm³/mol. The van der Waals surface area contributed by atoms with Crippen LogP contribution in [0.5, 0.6) is 0 Å². The van der Waals surface area contributed by atoms with Gasteiger partial charge in [-0.2, -0.15) is 0 Å². The van der Waals surface area contributed by atoms with Crippen LogP contribution in [0.4, 0.5) is 10.1 Å². The van der Waals surface area contributed by atoms with Crippen LogP contribution in [-0.4, -0.2) is 30.3 Å². The molecule has 0 saturated carbocycles. The topological polar surface area (TPSA) is 58.6 Å². The Balaban J connectivity index is 2.45. The maximum Gasteiger partial charge on any atom is 0.336 e. The number of benzene rings is 1. The van der Waals surface area contributed by atoms with Crippen molar-refractivity contribution in [2.45, 2.75) is 32.8 Å². The van der Waals surface area contributed by atoms with Crippen LogP contribution < -0.4 is 5.32 Å². The van der Waals surface area contributed by atoms with E-state index in [4.69, 9.17) is 9.84 Å². The highest BCUT2D eigenvalue weighted by Gasteiger charge is 2.15. The van der Waals surface area contributed by atoms with Crippen molar-refractivity contribution in [1.82, 2.24) is 0 Å². The molecule has 0 fully saturated rings. The van der Waals surface area contributed by atoms with Crippen LogP contribution in [0.1, 0.15) is 37.0 Å². The number of carbonyl (C=O) groups is 1. The summed E-state index contributed by atoms with van der Waals surface area (Å²) < 4.78 is 19.3. The van der Waals surface area contributed by atoms with Crippen molar-refractivity contribution < 1.29 is 19.0 Å². The number of carboxylic acid groups (broad SMARTS) is 1. The Morgan fingerprint density at radius 1 is 1.45 bits per heavy atom. The number of anilines is 1. The standard InChI is InChI=1S/C14H19BrFNO3/c1-9(2)20-8-4-3-7-17-11-6-5-10(14(18)19)12(15)13(11)16/h5-6,9,17H,3-4,7-8H2,1-2H3,(H,18,19). The van der Waals surface area contributed by atoms with Crippen LogP contribution in [0.15, 0.2) is 16.6 Å². The lowest BCUT2D eigenvalue weighted by atomic mass is 10.2. The van der Waals surface area contributed by atoms with Gasteiger partial charge in [0.1, 0.15) is 0 Å². The van der Waals surface area contributed by atoms with Gasteiger partial charge >= 0.3 is 5.97 Å². The number of aromatic carboxylic acids is 1. The van der Waals surface area contributed by atoms with E-state index in [0.717, 1.165) is 12.8 Å². The van der Waals surface area contributed by atoms with Crippen LogP contribution in [0.2, 0.25) is 0 Å². The highest BCUT2D eigenvalue weighted by molar-refractivity contribution is 9.10. The number of hydrogen-bond acceptors (Lipinski definition) is 3. The van der Waals surface area contributed by atoms with Gasteiger partial charge in [0.05, 0.1) is 21.8 Å². The van der Waals surface area contributed by atoms with Gasteiger partial charge < -0.3 is 15.2 Å². The summed E-state index contributed by atoms with van der Waals surface area (Å²) in [5.41, 5.74) is 0.213. The Morgan fingerprint density at radius 2 is 2.15 bits per heavy atom. The van der Waals surface area contributed by atoms with E-state index in [2.05, 4.69) is 21.2 Å². The van der Waals surface area contributed by atoms with Crippen molar-refractivity contribution in [2.24, 2.45) is 0 Å². The lowest BCUT2D eigenvalue weighted by Gasteiger charge is -2.11. The molecule has 0 spiro atoms. The summed E-state index contributed by atoms with van der Waals surface area (Å²) >= 11 is 2.97. The molecule has 1 rings (SSSR count). The predicted octanol–water partition coefficient (Wildman–Crippen LogP) is 3.90. The lowest BCUT2D eigenvalue weighted by molar-refractivity contribution is 0.0695. The second-order valence-electron chi connectivity index (χ2n) is 4.65. The molecule has 0 atom stereocenters. The third-order valence-electron chi connectivity index (χ3n) is 2.65. The van der Waals surface area contributed by atoms with Crippen LogP contribution in [0.25, 0.3) is 0 Å². The highest BCUT2D eigenvalue weighted by Crippen LogP contribution is 2.27. The zero-order chi connectivity index (χ0) is 15.1. The third-order valence-corrected chi connectivity index (χ3v) is 3.43. The third kappa shape index (κ3) is 5.09. The first-order chi connectivity index (χ1) is 9.43. The first-order valence-corrected chi connectivity index (χ1v) is 7.29. The Morgan fingerprint density at radius 3 is 2.75 bits per heavy atom. The fourth-order valence-electron chi connectivity index (χ4n) is 1.62. The molecule has 0 amide bonds. The van der Waals surface area contributed by atoms with Crippen LogP contribution in [0, 0.1) is 5.82 Å². The van der Waals surface area contributed by atoms with Gasteiger partial charge in [-0.25, -0.2) is 9.18 Å². The van der Waals surface area contributed by atoms with Crippen molar-refractivity contribution in [3.05, 3.63) is 28.0 Å². The summed E-state index contributed by atoms with van der Waals surface area (Å²) in [6.45, 7) is 5.25. The first kappa shape index (κ1) is 16.9. The summed E-state index contributed by atoms with van der Waals surface area (Å²) in [6.07, 6.45) is 1.96. The van der Waals surface area contributed by atoms with E-state index in [0.29, 0.717) is 18.8 Å². The smallest absolute Gasteiger partial charge is 0.336 e. The largest absolute Gasteiger partial charge is 0.478 e. The molecule has 0 aliphatic rings. The molecule has 0 unspecified atom stereocenters. The average molecular weight is 348 g/mol. The molecule has 20 heavy (non-hydrogen) atoms. The fraction of sp³-hybridized carbons (Fsp3) is 0.500. The molecule has 0 aliphatic carbocycles. The molecular formula is C14H19BrFNO3. The summed E-state index contributed by atoms with van der Waals surface area (Å²) in [4.78, 5) is 10.8. The zero-order valence-electron chi connectivity index (χ0n) is 11.6. The van der Waals surface area contributed by atoms with E-state index in [-0.39, 0.29) is 16.1 Å². The van der Waals surface area contributed by atoms with Crippen molar-refractivity contribution in [3.63, 3.8) is 0 Å². The Labute approximate surface area is 126 Å². The molecule has 2 N–H and O–H groups in total. The monoisotopic (exact) mass is 347 g/mol. The zero-order valence-corrected chi connectivity index (χ0v) is 13.2. The van der Waals surface area contributed by atoms with E-state index in [9.17, 15) is 9.18 Å². The number of unbranched alkanes of at least 4 members (excludes halogenated alkanes) is 1. The van der Waals surface area contributed by atoms with E-state index < -0.39 is 11.8 Å². The maximum atomic E-state index is 13.9. The van der Waals surface area contributed by atoms with Gasteiger partial charge in [-0.15, -0.1) is 0 Å². The van der Waals surface area contributed by atoms with Crippen LogP contribution in [-0.2, 0) is 4.74 Å². The molecular weight excluding hydrogens is 329 g/mol. The van der Waals surface area contributed by atoms with Gasteiger partial charge in [0.25, 0.3) is 0 Å². The molecule has 4 nitrogen and oxygen atoms in total. The number of ether oxygens (including phenoxy) is 1. The number of hydrogen-bond donors (Lipinski definition) is 2. The van der Waals surface area contributed by atoms with Gasteiger partial charge in [0, 0.05) is 13.2 Å². The SMILES string of the molecule is CC(C)OCCCCNc1ccc(C(=O)O)c(Br)c1F. The van der Waals surface area contributed by atoms with E-state index >= 15 is 0 Å². The van der Waals surface area contributed by atoms with Crippen molar-refractivity contribution >= 4 is 27.6 Å². The second kappa shape index (κ2) is 8.21. The second-order valence-corrected chi connectivity index (χ2v) is 5.44. The molecule has 0 aliphatic heterocycles. The number of rotatable bonds is 8. The molecule has 1 aromatic rings. The van der Waals surface area contributed by atoms with Crippen molar-refractivity contribution in [2.75, 3.05) is 18.5 Å². The van der Waals surface area contributed by atoms with E-state index in [1.54, 1.807) is 0 Å².